The molecule has 0 atom stereocenters. The molecule has 3 aromatic rings. The second-order valence-corrected chi connectivity index (χ2v) is 7.89. The Hall–Kier alpha value is -1.81. The highest BCUT2D eigenvalue weighted by atomic mass is 35.5. The van der Waals surface area contributed by atoms with Crippen molar-refractivity contribution in [1.82, 2.24) is 0 Å². The Morgan fingerprint density at radius 3 is 2.31 bits per heavy atom. The monoisotopic (exact) mass is 403 g/mol. The van der Waals surface area contributed by atoms with Crippen LogP contribution in [0.4, 0.5) is 5.69 Å². The molecule has 26 heavy (non-hydrogen) atoms. The molecule has 0 aliphatic heterocycles. The summed E-state index contributed by atoms with van der Waals surface area (Å²) >= 11 is 14.2. The van der Waals surface area contributed by atoms with E-state index < -0.39 is 0 Å². The fourth-order valence-electron chi connectivity index (χ4n) is 2.58. The van der Waals surface area contributed by atoms with Crippen LogP contribution in [0, 0.1) is 13.8 Å². The summed E-state index contributed by atoms with van der Waals surface area (Å²) in [6.45, 7) is 4.46. The molecule has 3 aromatic carbocycles. The van der Waals surface area contributed by atoms with Crippen molar-refractivity contribution in [2.45, 2.75) is 25.3 Å². The van der Waals surface area contributed by atoms with E-state index in [9.17, 15) is 5.11 Å². The van der Waals surface area contributed by atoms with Gasteiger partial charge >= 0.3 is 0 Å². The first kappa shape index (κ1) is 19.0. The summed E-state index contributed by atoms with van der Waals surface area (Å²) in [7, 11) is 0. The maximum Gasteiger partial charge on any atom is 0.158 e. The van der Waals surface area contributed by atoms with Gasteiger partial charge < -0.3 is 9.41 Å². The van der Waals surface area contributed by atoms with Gasteiger partial charge in [-0.1, -0.05) is 71.7 Å². The number of aromatic hydroxyl groups is 1. The molecule has 134 valence electrons. The topological polar surface area (TPSA) is 23.5 Å². The Morgan fingerprint density at radius 1 is 0.962 bits per heavy atom. The SMILES string of the molecule is Cc1ccccc1SN(Cc1ccccc1)c1cc(Cl)c(C)c(Cl)c1O. The Bertz CT molecular complexity index is 915. The van der Waals surface area contributed by atoms with Crippen molar-refractivity contribution in [2.24, 2.45) is 0 Å². The lowest BCUT2D eigenvalue weighted by Crippen LogP contribution is -2.14. The molecule has 2 nitrogen and oxygen atoms in total. The van der Waals surface area contributed by atoms with Crippen LogP contribution >= 0.6 is 35.1 Å². The van der Waals surface area contributed by atoms with Gasteiger partial charge in [0.05, 0.1) is 17.3 Å². The first-order valence-corrected chi connectivity index (χ1v) is 9.73. The minimum atomic E-state index is 0.0468. The average molecular weight is 404 g/mol. The van der Waals surface area contributed by atoms with Crippen molar-refractivity contribution in [3.63, 3.8) is 0 Å². The summed E-state index contributed by atoms with van der Waals surface area (Å²) in [5.41, 5.74) is 3.57. The van der Waals surface area contributed by atoms with Crippen LogP contribution in [0.2, 0.25) is 10.0 Å². The van der Waals surface area contributed by atoms with Gasteiger partial charge in [-0.05, 0) is 54.6 Å². The molecular formula is C21H19Cl2NOS. The minimum absolute atomic E-state index is 0.0468. The number of halogens is 2. The Labute approximate surface area is 168 Å². The van der Waals surface area contributed by atoms with Crippen LogP contribution in [0.25, 0.3) is 0 Å². The predicted octanol–water partition coefficient (Wildman–Crippen LogP) is 7.03. The molecule has 0 fully saturated rings. The number of phenols is 1. The molecule has 0 amide bonds. The lowest BCUT2D eigenvalue weighted by Gasteiger charge is -2.26. The average Bonchev–Trinajstić information content (AvgIpc) is 2.65. The fraction of sp³-hybridized carbons (Fsp3) is 0.143. The van der Waals surface area contributed by atoms with Gasteiger partial charge in [0.25, 0.3) is 0 Å². The quantitative estimate of drug-likeness (QED) is 0.462. The zero-order valence-corrected chi connectivity index (χ0v) is 16.9. The van der Waals surface area contributed by atoms with E-state index in [0.717, 1.165) is 10.5 Å². The van der Waals surface area contributed by atoms with E-state index in [4.69, 9.17) is 23.2 Å². The number of benzene rings is 3. The van der Waals surface area contributed by atoms with Crippen molar-refractivity contribution < 1.29 is 5.11 Å². The summed E-state index contributed by atoms with van der Waals surface area (Å²) < 4.78 is 2.02. The lowest BCUT2D eigenvalue weighted by molar-refractivity contribution is 0.476. The van der Waals surface area contributed by atoms with E-state index >= 15 is 0 Å². The van der Waals surface area contributed by atoms with Crippen molar-refractivity contribution >= 4 is 40.8 Å². The van der Waals surface area contributed by atoms with Crippen LogP contribution in [-0.4, -0.2) is 5.11 Å². The number of rotatable bonds is 5. The van der Waals surface area contributed by atoms with E-state index in [1.54, 1.807) is 24.9 Å². The second kappa shape index (κ2) is 8.26. The number of nitrogens with zero attached hydrogens (tertiary/aromatic N) is 1. The highest BCUT2D eigenvalue weighted by molar-refractivity contribution is 8.00. The van der Waals surface area contributed by atoms with E-state index in [2.05, 4.69) is 31.2 Å². The van der Waals surface area contributed by atoms with Gasteiger partial charge in [0, 0.05) is 9.92 Å². The highest BCUT2D eigenvalue weighted by Crippen LogP contribution is 2.44. The van der Waals surface area contributed by atoms with Gasteiger partial charge in [0.2, 0.25) is 0 Å². The molecule has 0 heterocycles. The van der Waals surface area contributed by atoms with Crippen LogP contribution in [-0.2, 0) is 6.54 Å². The normalized spacial score (nSPS) is 10.8. The molecular weight excluding hydrogens is 385 g/mol. The third kappa shape index (κ3) is 4.12. The molecule has 0 unspecified atom stereocenters. The molecule has 0 saturated heterocycles. The van der Waals surface area contributed by atoms with Gasteiger partial charge in [-0.3, -0.25) is 0 Å². The highest BCUT2D eigenvalue weighted by Gasteiger charge is 2.20. The third-order valence-corrected chi connectivity index (χ3v) is 6.20. The van der Waals surface area contributed by atoms with Crippen molar-refractivity contribution in [2.75, 3.05) is 4.31 Å². The molecule has 5 heteroatoms. The second-order valence-electron chi connectivity index (χ2n) is 6.04. The fourth-order valence-corrected chi connectivity index (χ4v) is 4.06. The first-order chi connectivity index (χ1) is 12.5. The molecule has 3 rings (SSSR count). The van der Waals surface area contributed by atoms with Gasteiger partial charge in [-0.25, -0.2) is 0 Å². The van der Waals surface area contributed by atoms with Gasteiger partial charge in [-0.15, -0.1) is 0 Å². The van der Waals surface area contributed by atoms with Gasteiger partial charge in [-0.2, -0.15) is 0 Å². The van der Waals surface area contributed by atoms with Crippen molar-refractivity contribution in [3.05, 3.63) is 87.4 Å². The Morgan fingerprint density at radius 2 is 1.62 bits per heavy atom. The summed E-state index contributed by atoms with van der Waals surface area (Å²) in [6, 6.07) is 20.0. The zero-order chi connectivity index (χ0) is 18.7. The van der Waals surface area contributed by atoms with Crippen LogP contribution in [0.3, 0.4) is 0 Å². The maximum absolute atomic E-state index is 10.7. The smallest absolute Gasteiger partial charge is 0.158 e. The van der Waals surface area contributed by atoms with Crippen LogP contribution in [0.5, 0.6) is 5.75 Å². The number of hydrogen-bond acceptors (Lipinski definition) is 3. The van der Waals surface area contributed by atoms with E-state index in [0.29, 0.717) is 22.8 Å². The van der Waals surface area contributed by atoms with Gasteiger partial charge in [0.1, 0.15) is 0 Å². The van der Waals surface area contributed by atoms with Crippen molar-refractivity contribution in [3.8, 4) is 5.75 Å². The van der Waals surface area contributed by atoms with Crippen LogP contribution < -0.4 is 4.31 Å². The summed E-state index contributed by atoms with van der Waals surface area (Å²) in [5, 5.41) is 11.5. The number of anilines is 1. The van der Waals surface area contributed by atoms with E-state index in [1.807, 2.05) is 34.6 Å². The van der Waals surface area contributed by atoms with Gasteiger partial charge in [0.15, 0.2) is 5.75 Å². The number of phenolic OH excluding ortho intramolecular Hbond substituents is 1. The van der Waals surface area contributed by atoms with Crippen molar-refractivity contribution in [1.29, 1.82) is 0 Å². The Balaban J connectivity index is 2.05. The number of hydrogen-bond donors (Lipinski definition) is 1. The minimum Gasteiger partial charge on any atom is -0.504 e. The zero-order valence-electron chi connectivity index (χ0n) is 14.5. The molecule has 1 N–H and O–H groups in total. The van der Waals surface area contributed by atoms with Crippen LogP contribution in [0.15, 0.2) is 65.6 Å². The van der Waals surface area contributed by atoms with E-state index in [1.165, 1.54) is 5.56 Å². The molecule has 0 aromatic heterocycles. The predicted molar refractivity (Wildman–Crippen MR) is 113 cm³/mol. The lowest BCUT2D eigenvalue weighted by atomic mass is 10.2. The standard InChI is InChI=1S/C21H19Cl2NOS/c1-14-8-6-7-11-19(14)26-24(13-16-9-4-3-5-10-16)18-12-17(22)15(2)20(23)21(18)25/h3-12,25H,13H2,1-2H3. The number of aryl methyl sites for hydroxylation is 1. The van der Waals surface area contributed by atoms with E-state index in [-0.39, 0.29) is 10.8 Å². The first-order valence-electron chi connectivity index (χ1n) is 8.20. The molecule has 0 bridgehead atoms. The summed E-state index contributed by atoms with van der Waals surface area (Å²) in [4.78, 5) is 1.11. The molecule has 0 aliphatic carbocycles. The Kier molecular flexibility index (Phi) is 6.02. The summed E-state index contributed by atoms with van der Waals surface area (Å²) in [6.07, 6.45) is 0. The summed E-state index contributed by atoms with van der Waals surface area (Å²) in [5.74, 6) is 0.0468. The molecule has 0 radical (unpaired) electrons. The van der Waals surface area contributed by atoms with Crippen LogP contribution in [0.1, 0.15) is 16.7 Å². The third-order valence-electron chi connectivity index (χ3n) is 4.14. The molecule has 0 aliphatic rings. The molecule has 0 spiro atoms. The largest absolute Gasteiger partial charge is 0.504 e. The maximum atomic E-state index is 10.7. The molecule has 0 saturated carbocycles.